The molecule has 0 atom stereocenters. The number of carbonyl (C=O) groups excluding carboxylic acids is 1. The van der Waals surface area contributed by atoms with E-state index in [1.54, 1.807) is 16.7 Å². The van der Waals surface area contributed by atoms with Crippen LogP contribution in [0.5, 0.6) is 0 Å². The topological polar surface area (TPSA) is 115 Å². The van der Waals surface area contributed by atoms with Gasteiger partial charge in [0.2, 0.25) is 0 Å². The Hall–Kier alpha value is -4.70. The number of urea groups is 1. The van der Waals surface area contributed by atoms with Gasteiger partial charge in [-0.25, -0.2) is 4.79 Å². The number of nitrogens with one attached hydrogen (secondary N) is 2. The van der Waals surface area contributed by atoms with Crippen molar-refractivity contribution < 1.29 is 9.72 Å². The van der Waals surface area contributed by atoms with E-state index < -0.39 is 4.92 Å². The van der Waals surface area contributed by atoms with E-state index in [2.05, 4.69) is 20.8 Å². The molecule has 9 nitrogen and oxygen atoms in total. The van der Waals surface area contributed by atoms with Crippen molar-refractivity contribution in [1.29, 1.82) is 0 Å². The number of rotatable bonds is 8. The van der Waals surface area contributed by atoms with Crippen LogP contribution in [0.3, 0.4) is 0 Å². The van der Waals surface area contributed by atoms with Gasteiger partial charge in [-0.05, 0) is 29.1 Å². The van der Waals surface area contributed by atoms with Crippen LogP contribution in [-0.4, -0.2) is 25.7 Å². The average Bonchev–Trinajstić information content (AvgIpc) is 3.34. The molecule has 5 rings (SSSR count). The third-order valence-corrected chi connectivity index (χ3v) is 6.67. The normalized spacial score (nSPS) is 10.8. The number of anilines is 1. The number of nitro benzene ring substituents is 1. The van der Waals surface area contributed by atoms with E-state index in [-0.39, 0.29) is 18.3 Å². The summed E-state index contributed by atoms with van der Waals surface area (Å²) in [6.07, 6.45) is 0. The summed E-state index contributed by atoms with van der Waals surface area (Å²) in [5.74, 6) is 1.17. The second-order valence-corrected chi connectivity index (χ2v) is 9.06. The van der Waals surface area contributed by atoms with Gasteiger partial charge in [0.1, 0.15) is 0 Å². The highest BCUT2D eigenvalue weighted by Crippen LogP contribution is 2.27. The monoisotopic (exact) mass is 510 g/mol. The Morgan fingerprint density at radius 1 is 0.892 bits per heavy atom. The molecule has 2 N–H and O–H groups in total. The number of nitro groups is 1. The van der Waals surface area contributed by atoms with Crippen LogP contribution >= 0.6 is 11.8 Å². The van der Waals surface area contributed by atoms with E-state index >= 15 is 0 Å². The number of nitrogens with zero attached hydrogens (tertiary/aromatic N) is 4. The second kappa shape index (κ2) is 10.9. The van der Waals surface area contributed by atoms with E-state index in [1.165, 1.54) is 23.9 Å². The van der Waals surface area contributed by atoms with Crippen LogP contribution in [0.4, 0.5) is 16.2 Å². The summed E-state index contributed by atoms with van der Waals surface area (Å²) in [7, 11) is 0. The number of non-ortho nitro benzene ring substituents is 1. The molecule has 0 unspecified atom stereocenters. The predicted octanol–water partition coefficient (Wildman–Crippen LogP) is 5.94. The Morgan fingerprint density at radius 3 is 2.41 bits per heavy atom. The molecular weight excluding hydrogens is 488 g/mol. The lowest BCUT2D eigenvalue weighted by Crippen LogP contribution is -2.29. The van der Waals surface area contributed by atoms with Crippen LogP contribution in [0.25, 0.3) is 16.5 Å². The van der Waals surface area contributed by atoms with Gasteiger partial charge in [-0.2, -0.15) is 0 Å². The summed E-state index contributed by atoms with van der Waals surface area (Å²) in [5.41, 5.74) is 2.48. The Morgan fingerprint density at radius 2 is 1.62 bits per heavy atom. The Bertz CT molecular complexity index is 1550. The van der Waals surface area contributed by atoms with Crippen molar-refractivity contribution in [3.63, 3.8) is 0 Å². The first kappa shape index (κ1) is 24.0. The zero-order chi connectivity index (χ0) is 25.6. The maximum absolute atomic E-state index is 12.8. The molecule has 0 aliphatic rings. The molecule has 1 aromatic heterocycles. The van der Waals surface area contributed by atoms with Crippen molar-refractivity contribution in [2.45, 2.75) is 17.5 Å². The molecule has 0 spiro atoms. The minimum Gasteiger partial charge on any atom is -0.331 e. The van der Waals surface area contributed by atoms with Gasteiger partial charge in [0.25, 0.3) is 5.69 Å². The van der Waals surface area contributed by atoms with Crippen molar-refractivity contribution >= 4 is 39.9 Å². The van der Waals surface area contributed by atoms with Crippen molar-refractivity contribution in [2.24, 2.45) is 0 Å². The third-order valence-electron chi connectivity index (χ3n) is 5.67. The average molecular weight is 511 g/mol. The highest BCUT2D eigenvalue weighted by Gasteiger charge is 2.17. The van der Waals surface area contributed by atoms with Gasteiger partial charge >= 0.3 is 6.03 Å². The summed E-state index contributed by atoms with van der Waals surface area (Å²) >= 11 is 1.49. The lowest BCUT2D eigenvalue weighted by atomic mass is 10.1. The smallest absolute Gasteiger partial charge is 0.319 e. The first-order valence-electron chi connectivity index (χ1n) is 11.5. The van der Waals surface area contributed by atoms with Crippen molar-refractivity contribution in [3.05, 3.63) is 119 Å². The minimum atomic E-state index is -0.443. The van der Waals surface area contributed by atoms with Crippen LogP contribution in [0.1, 0.15) is 11.4 Å². The van der Waals surface area contributed by atoms with Gasteiger partial charge in [-0.15, -0.1) is 10.2 Å². The molecule has 0 bridgehead atoms. The third kappa shape index (κ3) is 5.60. The zero-order valence-electron chi connectivity index (χ0n) is 19.6. The van der Waals surface area contributed by atoms with Gasteiger partial charge in [-0.1, -0.05) is 78.5 Å². The summed E-state index contributed by atoms with van der Waals surface area (Å²) in [4.78, 5) is 23.4. The highest BCUT2D eigenvalue weighted by molar-refractivity contribution is 7.98. The van der Waals surface area contributed by atoms with E-state index in [0.29, 0.717) is 28.1 Å². The van der Waals surface area contributed by atoms with Crippen molar-refractivity contribution in [2.75, 3.05) is 5.32 Å². The predicted molar refractivity (Wildman–Crippen MR) is 144 cm³/mol. The van der Waals surface area contributed by atoms with Gasteiger partial charge in [0, 0.05) is 29.0 Å². The fraction of sp³-hybridized carbons (Fsp3) is 0.0741. The first-order valence-corrected chi connectivity index (χ1v) is 12.5. The molecule has 0 radical (unpaired) electrons. The molecular formula is C27H22N6O3S. The fourth-order valence-corrected chi connectivity index (χ4v) is 4.80. The molecule has 37 heavy (non-hydrogen) atoms. The van der Waals surface area contributed by atoms with E-state index in [0.717, 1.165) is 16.3 Å². The maximum Gasteiger partial charge on any atom is 0.319 e. The first-order chi connectivity index (χ1) is 18.1. The molecule has 0 saturated carbocycles. The molecule has 10 heteroatoms. The van der Waals surface area contributed by atoms with Crippen molar-refractivity contribution in [1.82, 2.24) is 20.1 Å². The van der Waals surface area contributed by atoms with E-state index in [9.17, 15) is 14.9 Å². The standard InChI is InChI=1S/C27H22N6O3S/c34-26(29-24-12-6-10-20-9-4-5-11-23(20)24)28-17-25-30-31-27(37-18-19-7-2-1-3-8-19)32(25)21-13-15-22(16-14-21)33(35)36/h1-16H,17-18H2,(H2,28,29,34). The lowest BCUT2D eigenvalue weighted by Gasteiger charge is -2.12. The molecule has 4 aromatic carbocycles. The fourth-order valence-electron chi connectivity index (χ4n) is 3.87. The van der Waals surface area contributed by atoms with Crippen LogP contribution in [0, 0.1) is 10.1 Å². The number of thioether (sulfide) groups is 1. The highest BCUT2D eigenvalue weighted by atomic mass is 32.2. The van der Waals surface area contributed by atoms with Gasteiger partial charge in [-0.3, -0.25) is 14.7 Å². The molecule has 0 aliphatic carbocycles. The van der Waals surface area contributed by atoms with Gasteiger partial charge in [0.05, 0.1) is 17.2 Å². The van der Waals surface area contributed by atoms with Gasteiger partial charge in [0.15, 0.2) is 11.0 Å². The quantitative estimate of drug-likeness (QED) is 0.152. The number of hydrogen-bond donors (Lipinski definition) is 2. The van der Waals surface area contributed by atoms with Crippen molar-refractivity contribution in [3.8, 4) is 5.69 Å². The largest absolute Gasteiger partial charge is 0.331 e. The number of fused-ring (bicyclic) bond motifs is 1. The summed E-state index contributed by atoms with van der Waals surface area (Å²) in [5, 5.41) is 28.1. The van der Waals surface area contributed by atoms with Crippen LogP contribution in [0.2, 0.25) is 0 Å². The maximum atomic E-state index is 12.8. The van der Waals surface area contributed by atoms with E-state index in [4.69, 9.17) is 0 Å². The number of aromatic nitrogens is 3. The number of hydrogen-bond acceptors (Lipinski definition) is 6. The molecule has 0 saturated heterocycles. The second-order valence-electron chi connectivity index (χ2n) is 8.12. The molecule has 0 aliphatic heterocycles. The Kier molecular flexibility index (Phi) is 7.09. The summed E-state index contributed by atoms with van der Waals surface area (Å²) in [6.45, 7) is 0.104. The Balaban J connectivity index is 1.36. The van der Waals surface area contributed by atoms with Crippen LogP contribution in [-0.2, 0) is 12.3 Å². The van der Waals surface area contributed by atoms with Crippen LogP contribution in [0.15, 0.2) is 102 Å². The molecule has 0 fully saturated rings. The number of carbonyl (C=O) groups is 1. The molecule has 184 valence electrons. The SMILES string of the molecule is O=C(NCc1nnc(SCc2ccccc2)n1-c1ccc([N+](=O)[O-])cc1)Nc1cccc2ccccc12. The summed E-state index contributed by atoms with van der Waals surface area (Å²) < 4.78 is 1.80. The number of benzene rings is 4. The lowest BCUT2D eigenvalue weighted by molar-refractivity contribution is -0.384. The molecule has 2 amide bonds. The minimum absolute atomic E-state index is 0.00977. The zero-order valence-corrected chi connectivity index (χ0v) is 20.4. The number of amides is 2. The summed E-state index contributed by atoms with van der Waals surface area (Å²) in [6, 6.07) is 29.3. The van der Waals surface area contributed by atoms with Gasteiger partial charge < -0.3 is 10.6 Å². The van der Waals surface area contributed by atoms with E-state index in [1.807, 2.05) is 72.8 Å². The Labute approximate surface area is 216 Å². The van der Waals surface area contributed by atoms with Crippen LogP contribution < -0.4 is 10.6 Å². The molecule has 1 heterocycles. The molecule has 5 aromatic rings.